The van der Waals surface area contributed by atoms with Gasteiger partial charge in [-0.15, -0.1) is 5.10 Å². The fourth-order valence-electron chi connectivity index (χ4n) is 5.87. The predicted octanol–water partition coefficient (Wildman–Crippen LogP) is 4.83. The van der Waals surface area contributed by atoms with Crippen LogP contribution in [0.5, 0.6) is 0 Å². The van der Waals surface area contributed by atoms with Gasteiger partial charge in [0, 0.05) is 18.2 Å². The molecule has 7 nitrogen and oxygen atoms in total. The molecule has 2 fully saturated rings. The Morgan fingerprint density at radius 3 is 2.66 bits per heavy atom. The van der Waals surface area contributed by atoms with Crippen molar-refractivity contribution in [3.05, 3.63) is 51.6 Å². The maximum absolute atomic E-state index is 13.1. The lowest BCUT2D eigenvalue weighted by Crippen LogP contribution is -2.39. The zero-order valence-corrected chi connectivity index (χ0v) is 19.3. The Bertz CT molecular complexity index is 1120. The van der Waals surface area contributed by atoms with Gasteiger partial charge in [-0.05, 0) is 66.5 Å². The van der Waals surface area contributed by atoms with Crippen LogP contribution in [0.3, 0.4) is 0 Å². The second kappa shape index (κ2) is 9.14. The average Bonchev–Trinajstić information content (AvgIpc) is 3.56. The number of rotatable bonds is 7. The number of fused-ring (bicyclic) bond motifs is 1. The van der Waals surface area contributed by atoms with Gasteiger partial charge >= 0.3 is 0 Å². The first kappa shape index (κ1) is 21.3. The molecule has 0 amide bonds. The standard InChI is InChI=1S/C25H34N6O/c1-3-22(24-27-28-29-31(24)21-13-6-7-14-21)30(20-11-4-5-12-20)16-19-15-18-10-8-9-17(2)23(18)26-25(19)32/h8-10,15,20-22H,3-7,11-14,16H2,1-2H3,(H,26,32). The van der Waals surface area contributed by atoms with Gasteiger partial charge in [-0.1, -0.05) is 50.8 Å². The molecule has 1 N–H and O–H groups in total. The van der Waals surface area contributed by atoms with Crippen molar-refractivity contribution in [1.29, 1.82) is 0 Å². The first-order valence-electron chi connectivity index (χ1n) is 12.3. The molecule has 0 radical (unpaired) electrons. The van der Waals surface area contributed by atoms with E-state index in [2.05, 4.69) is 55.2 Å². The third-order valence-electron chi connectivity index (χ3n) is 7.59. The van der Waals surface area contributed by atoms with E-state index in [1.54, 1.807) is 0 Å². The Morgan fingerprint density at radius 1 is 1.16 bits per heavy atom. The summed E-state index contributed by atoms with van der Waals surface area (Å²) in [5.41, 5.74) is 2.88. The van der Waals surface area contributed by atoms with E-state index in [9.17, 15) is 4.79 Å². The number of H-pyrrole nitrogens is 1. The number of para-hydroxylation sites is 1. The van der Waals surface area contributed by atoms with Gasteiger partial charge in [0.25, 0.3) is 5.56 Å². The van der Waals surface area contributed by atoms with Crippen LogP contribution in [-0.4, -0.2) is 36.1 Å². The molecule has 2 aliphatic carbocycles. The molecule has 0 saturated heterocycles. The highest BCUT2D eigenvalue weighted by molar-refractivity contribution is 5.81. The molecule has 170 valence electrons. The van der Waals surface area contributed by atoms with E-state index in [1.165, 1.54) is 38.5 Å². The molecule has 32 heavy (non-hydrogen) atoms. The summed E-state index contributed by atoms with van der Waals surface area (Å²) in [5, 5.41) is 14.1. The molecule has 7 heteroatoms. The number of tetrazole rings is 1. The number of benzene rings is 1. The summed E-state index contributed by atoms with van der Waals surface area (Å²) in [6.07, 6.45) is 10.6. The van der Waals surface area contributed by atoms with Crippen LogP contribution in [0, 0.1) is 6.92 Å². The Hall–Kier alpha value is -2.54. The molecule has 1 aromatic carbocycles. The monoisotopic (exact) mass is 434 g/mol. The highest BCUT2D eigenvalue weighted by Gasteiger charge is 2.34. The van der Waals surface area contributed by atoms with Crippen LogP contribution < -0.4 is 5.56 Å². The van der Waals surface area contributed by atoms with E-state index >= 15 is 0 Å². The van der Waals surface area contributed by atoms with Crippen molar-refractivity contribution in [2.75, 3.05) is 0 Å². The number of nitrogens with zero attached hydrogens (tertiary/aromatic N) is 5. The molecule has 0 aliphatic heterocycles. The van der Waals surface area contributed by atoms with Crippen molar-refractivity contribution in [2.24, 2.45) is 0 Å². The number of pyridine rings is 1. The van der Waals surface area contributed by atoms with Gasteiger partial charge < -0.3 is 4.98 Å². The van der Waals surface area contributed by atoms with Gasteiger partial charge in [-0.2, -0.15) is 0 Å². The van der Waals surface area contributed by atoms with Crippen LogP contribution >= 0.6 is 0 Å². The SMILES string of the molecule is CCC(c1nnnn1C1CCCC1)N(Cc1cc2cccc(C)c2[nH]c1=O)C1CCCC1. The molecule has 1 unspecified atom stereocenters. The van der Waals surface area contributed by atoms with Crippen LogP contribution in [0.25, 0.3) is 10.9 Å². The predicted molar refractivity (Wildman–Crippen MR) is 125 cm³/mol. The van der Waals surface area contributed by atoms with Gasteiger partial charge in [0.05, 0.1) is 17.6 Å². The lowest BCUT2D eigenvalue weighted by atomic mass is 10.0. The van der Waals surface area contributed by atoms with E-state index in [4.69, 9.17) is 0 Å². The van der Waals surface area contributed by atoms with E-state index < -0.39 is 0 Å². The molecular formula is C25H34N6O. The van der Waals surface area contributed by atoms with Gasteiger partial charge in [0.1, 0.15) is 0 Å². The molecule has 0 spiro atoms. The summed E-state index contributed by atoms with van der Waals surface area (Å²) >= 11 is 0. The molecule has 2 aliphatic rings. The van der Waals surface area contributed by atoms with Crippen molar-refractivity contribution >= 4 is 10.9 Å². The van der Waals surface area contributed by atoms with Gasteiger partial charge in [-0.25, -0.2) is 4.68 Å². The van der Waals surface area contributed by atoms with Crippen molar-refractivity contribution in [3.8, 4) is 0 Å². The van der Waals surface area contributed by atoms with E-state index in [0.717, 1.165) is 47.1 Å². The van der Waals surface area contributed by atoms with Gasteiger partial charge in [0.2, 0.25) is 0 Å². The summed E-state index contributed by atoms with van der Waals surface area (Å²) < 4.78 is 2.09. The summed E-state index contributed by atoms with van der Waals surface area (Å²) in [5.74, 6) is 0.972. The zero-order chi connectivity index (χ0) is 22.1. The second-order valence-corrected chi connectivity index (χ2v) is 9.62. The number of hydrogen-bond donors (Lipinski definition) is 1. The molecular weight excluding hydrogens is 400 g/mol. The Balaban J connectivity index is 1.52. The van der Waals surface area contributed by atoms with Gasteiger partial charge in [0.15, 0.2) is 5.82 Å². The fourth-order valence-corrected chi connectivity index (χ4v) is 5.87. The summed E-state index contributed by atoms with van der Waals surface area (Å²) in [4.78, 5) is 18.7. The minimum atomic E-state index is 0.0139. The van der Waals surface area contributed by atoms with E-state index in [-0.39, 0.29) is 11.6 Å². The topological polar surface area (TPSA) is 79.7 Å². The molecule has 0 bridgehead atoms. The molecule has 2 saturated carbocycles. The van der Waals surface area contributed by atoms with Crippen molar-refractivity contribution < 1.29 is 0 Å². The molecule has 1 atom stereocenters. The third-order valence-corrected chi connectivity index (χ3v) is 7.59. The summed E-state index contributed by atoms with van der Waals surface area (Å²) in [6, 6.07) is 9.24. The van der Waals surface area contributed by atoms with Crippen LogP contribution in [0.15, 0.2) is 29.1 Å². The first-order valence-corrected chi connectivity index (χ1v) is 12.3. The van der Waals surface area contributed by atoms with Crippen LogP contribution in [0.2, 0.25) is 0 Å². The Kier molecular flexibility index (Phi) is 6.09. The molecule has 5 rings (SSSR count). The van der Waals surface area contributed by atoms with Gasteiger partial charge in [-0.3, -0.25) is 9.69 Å². The molecule has 2 aromatic heterocycles. The minimum Gasteiger partial charge on any atom is -0.321 e. The van der Waals surface area contributed by atoms with E-state index in [0.29, 0.717) is 18.6 Å². The van der Waals surface area contributed by atoms with Crippen LogP contribution in [0.4, 0.5) is 0 Å². The average molecular weight is 435 g/mol. The first-order chi connectivity index (χ1) is 15.7. The van der Waals surface area contributed by atoms with E-state index in [1.807, 2.05) is 13.0 Å². The maximum atomic E-state index is 13.1. The third kappa shape index (κ3) is 3.98. The Morgan fingerprint density at radius 2 is 1.91 bits per heavy atom. The van der Waals surface area contributed by atoms with Crippen molar-refractivity contribution in [3.63, 3.8) is 0 Å². The second-order valence-electron chi connectivity index (χ2n) is 9.62. The quantitative estimate of drug-likeness (QED) is 0.576. The van der Waals surface area contributed by atoms with Crippen molar-refractivity contribution in [1.82, 2.24) is 30.1 Å². The number of aromatic nitrogens is 5. The Labute approximate surface area is 189 Å². The van der Waals surface area contributed by atoms with Crippen LogP contribution in [0.1, 0.15) is 93.7 Å². The summed E-state index contributed by atoms with van der Waals surface area (Å²) in [6.45, 7) is 4.88. The van der Waals surface area contributed by atoms with Crippen LogP contribution in [-0.2, 0) is 6.54 Å². The van der Waals surface area contributed by atoms with Crippen molar-refractivity contribution in [2.45, 2.75) is 96.3 Å². The lowest BCUT2D eigenvalue weighted by molar-refractivity contribution is 0.110. The largest absolute Gasteiger partial charge is 0.321 e. The number of hydrogen-bond acceptors (Lipinski definition) is 5. The number of nitrogens with one attached hydrogen (secondary N) is 1. The zero-order valence-electron chi connectivity index (χ0n) is 19.3. The highest BCUT2D eigenvalue weighted by Crippen LogP contribution is 2.36. The summed E-state index contributed by atoms with van der Waals surface area (Å²) in [7, 11) is 0. The number of aromatic amines is 1. The molecule has 2 heterocycles. The highest BCUT2D eigenvalue weighted by atomic mass is 16.1. The number of aryl methyl sites for hydroxylation is 1. The molecule has 3 aromatic rings. The normalized spacial score (nSPS) is 18.8. The lowest BCUT2D eigenvalue weighted by Gasteiger charge is -2.35. The minimum absolute atomic E-state index is 0.0139. The smallest absolute Gasteiger partial charge is 0.252 e. The fraction of sp³-hybridized carbons (Fsp3) is 0.600. The maximum Gasteiger partial charge on any atom is 0.252 e.